The van der Waals surface area contributed by atoms with Gasteiger partial charge in [0, 0.05) is 10.1 Å². The standard InChI is InChI=1S/C25H20Cl2O3/c26-19-13-7-15-24(29,21(19)17-9-3-1-4-10-17)23(28)25(30)16-8-14-20(27)22(25)18-11-5-2-6-12-18/h1-16,21-22,29-30H. The molecule has 0 amide bonds. The molecule has 0 radical (unpaired) electrons. The Kier molecular flexibility index (Phi) is 5.56. The van der Waals surface area contributed by atoms with Gasteiger partial charge in [0.15, 0.2) is 11.2 Å². The zero-order valence-electron chi connectivity index (χ0n) is 16.0. The van der Waals surface area contributed by atoms with E-state index in [0.717, 1.165) is 0 Å². The van der Waals surface area contributed by atoms with E-state index in [1.807, 2.05) is 36.4 Å². The van der Waals surface area contributed by atoms with E-state index in [9.17, 15) is 15.0 Å². The van der Waals surface area contributed by atoms with Crippen LogP contribution in [0.5, 0.6) is 0 Å². The third-order valence-corrected chi connectivity index (χ3v) is 6.32. The highest BCUT2D eigenvalue weighted by atomic mass is 35.5. The van der Waals surface area contributed by atoms with Gasteiger partial charge < -0.3 is 10.2 Å². The number of ketones is 1. The second-order valence-electron chi connectivity index (χ2n) is 7.49. The third-order valence-electron chi connectivity index (χ3n) is 5.64. The molecule has 4 unspecified atom stereocenters. The highest BCUT2D eigenvalue weighted by Crippen LogP contribution is 2.48. The summed E-state index contributed by atoms with van der Waals surface area (Å²) < 4.78 is 0. The Morgan fingerprint density at radius 3 is 1.43 bits per heavy atom. The van der Waals surface area contributed by atoms with Crippen molar-refractivity contribution in [3.63, 3.8) is 0 Å². The molecule has 0 saturated heterocycles. The first-order valence-electron chi connectivity index (χ1n) is 9.57. The topological polar surface area (TPSA) is 57.5 Å². The van der Waals surface area contributed by atoms with Gasteiger partial charge in [0.1, 0.15) is 0 Å². The Balaban J connectivity index is 1.83. The molecule has 3 nitrogen and oxygen atoms in total. The Bertz CT molecular complexity index is 987. The van der Waals surface area contributed by atoms with Crippen molar-refractivity contribution in [2.24, 2.45) is 0 Å². The molecule has 2 aliphatic carbocycles. The van der Waals surface area contributed by atoms with E-state index in [1.165, 1.54) is 24.3 Å². The molecule has 2 aromatic carbocycles. The summed E-state index contributed by atoms with van der Waals surface area (Å²) in [6.45, 7) is 0. The number of carbonyl (C=O) groups is 1. The minimum absolute atomic E-state index is 0.306. The maximum atomic E-state index is 13.9. The van der Waals surface area contributed by atoms with Gasteiger partial charge in [-0.15, -0.1) is 0 Å². The Morgan fingerprint density at radius 1 is 0.700 bits per heavy atom. The van der Waals surface area contributed by atoms with E-state index in [4.69, 9.17) is 23.2 Å². The van der Waals surface area contributed by atoms with Gasteiger partial charge in [-0.25, -0.2) is 0 Å². The van der Waals surface area contributed by atoms with Crippen LogP contribution in [0, 0.1) is 0 Å². The number of halogens is 2. The second kappa shape index (κ2) is 8.01. The fourth-order valence-corrected chi connectivity index (χ4v) is 4.96. The summed E-state index contributed by atoms with van der Waals surface area (Å²) in [6, 6.07) is 18.1. The van der Waals surface area contributed by atoms with Gasteiger partial charge in [-0.2, -0.15) is 0 Å². The van der Waals surface area contributed by atoms with Gasteiger partial charge in [-0.3, -0.25) is 4.79 Å². The van der Waals surface area contributed by atoms with Crippen LogP contribution >= 0.6 is 23.2 Å². The van der Waals surface area contributed by atoms with Crippen LogP contribution in [0.3, 0.4) is 0 Å². The highest BCUT2D eigenvalue weighted by molar-refractivity contribution is 6.32. The molecule has 0 saturated carbocycles. The molecule has 0 aromatic heterocycles. The van der Waals surface area contributed by atoms with Crippen molar-refractivity contribution in [1.82, 2.24) is 0 Å². The lowest BCUT2D eigenvalue weighted by atomic mass is 9.66. The molecule has 0 aliphatic heterocycles. The lowest BCUT2D eigenvalue weighted by Crippen LogP contribution is -2.57. The average Bonchev–Trinajstić information content (AvgIpc) is 2.74. The summed E-state index contributed by atoms with van der Waals surface area (Å²) in [5, 5.41) is 24.0. The zero-order chi connectivity index (χ0) is 21.4. The number of benzene rings is 2. The number of rotatable bonds is 4. The van der Waals surface area contributed by atoms with E-state index in [-0.39, 0.29) is 0 Å². The van der Waals surface area contributed by atoms with Gasteiger partial charge in [0.05, 0.1) is 11.8 Å². The van der Waals surface area contributed by atoms with Crippen molar-refractivity contribution >= 4 is 29.0 Å². The third kappa shape index (κ3) is 3.38. The van der Waals surface area contributed by atoms with E-state index < -0.39 is 28.8 Å². The molecule has 2 N–H and O–H groups in total. The Hall–Kier alpha value is -2.43. The van der Waals surface area contributed by atoms with E-state index in [2.05, 4.69) is 0 Å². The van der Waals surface area contributed by atoms with Crippen molar-refractivity contribution in [2.45, 2.75) is 23.0 Å². The Labute approximate surface area is 185 Å². The lowest BCUT2D eigenvalue weighted by Gasteiger charge is -2.43. The molecule has 0 fully saturated rings. The fraction of sp³-hybridized carbons (Fsp3) is 0.160. The number of allylic oxidation sites excluding steroid dienone is 4. The quantitative estimate of drug-likeness (QED) is 0.708. The van der Waals surface area contributed by atoms with Crippen LogP contribution < -0.4 is 0 Å². The van der Waals surface area contributed by atoms with Crippen molar-refractivity contribution in [3.05, 3.63) is 118 Å². The van der Waals surface area contributed by atoms with Crippen LogP contribution in [0.4, 0.5) is 0 Å². The van der Waals surface area contributed by atoms with E-state index >= 15 is 0 Å². The maximum Gasteiger partial charge on any atom is 0.205 e. The number of aliphatic hydroxyl groups is 2. The van der Waals surface area contributed by atoms with Crippen LogP contribution in [0.2, 0.25) is 0 Å². The summed E-state index contributed by atoms with van der Waals surface area (Å²) >= 11 is 12.9. The number of hydrogen-bond donors (Lipinski definition) is 2. The lowest BCUT2D eigenvalue weighted by molar-refractivity contribution is -0.150. The molecule has 4 rings (SSSR count). The molecule has 4 atom stereocenters. The zero-order valence-corrected chi connectivity index (χ0v) is 17.5. The van der Waals surface area contributed by atoms with Crippen LogP contribution in [0.1, 0.15) is 23.0 Å². The van der Waals surface area contributed by atoms with E-state index in [0.29, 0.717) is 21.2 Å². The maximum absolute atomic E-state index is 13.9. The van der Waals surface area contributed by atoms with Gasteiger partial charge in [-0.05, 0) is 35.4 Å². The highest BCUT2D eigenvalue weighted by Gasteiger charge is 2.56. The molecule has 30 heavy (non-hydrogen) atoms. The first-order chi connectivity index (χ1) is 14.4. The second-order valence-corrected chi connectivity index (χ2v) is 8.36. The molecule has 2 aliphatic rings. The predicted octanol–water partition coefficient (Wildman–Crippen LogP) is 4.97. The van der Waals surface area contributed by atoms with Gasteiger partial charge in [-0.1, -0.05) is 96.0 Å². The number of hydrogen-bond acceptors (Lipinski definition) is 3. The summed E-state index contributed by atoms with van der Waals surface area (Å²) in [6.07, 6.45) is 9.12. The minimum atomic E-state index is -2.06. The number of carbonyl (C=O) groups excluding carboxylic acids is 1. The summed E-state index contributed by atoms with van der Waals surface area (Å²) in [5.41, 5.74) is -2.79. The van der Waals surface area contributed by atoms with Crippen LogP contribution in [0.15, 0.2) is 107 Å². The monoisotopic (exact) mass is 438 g/mol. The largest absolute Gasteiger partial charge is 0.377 e. The molecule has 0 bridgehead atoms. The number of Topliss-reactive ketones (excluding diaryl/α,β-unsaturated/α-hetero) is 1. The first kappa shape index (κ1) is 20.8. The van der Waals surface area contributed by atoms with Crippen LogP contribution in [-0.2, 0) is 4.79 Å². The fourth-order valence-electron chi connectivity index (χ4n) is 4.23. The minimum Gasteiger partial charge on any atom is -0.377 e. The molecule has 0 spiro atoms. The molecular formula is C25H20Cl2O3. The van der Waals surface area contributed by atoms with Crippen LogP contribution in [-0.4, -0.2) is 27.2 Å². The molecule has 2 aromatic rings. The van der Waals surface area contributed by atoms with Crippen molar-refractivity contribution < 1.29 is 15.0 Å². The molecule has 152 valence electrons. The summed E-state index contributed by atoms with van der Waals surface area (Å²) in [7, 11) is 0. The summed E-state index contributed by atoms with van der Waals surface area (Å²) in [5.74, 6) is -2.49. The van der Waals surface area contributed by atoms with Crippen molar-refractivity contribution in [2.75, 3.05) is 0 Å². The molecule has 0 heterocycles. The Morgan fingerprint density at radius 2 is 1.07 bits per heavy atom. The molecular weight excluding hydrogens is 419 g/mol. The predicted molar refractivity (Wildman–Crippen MR) is 119 cm³/mol. The van der Waals surface area contributed by atoms with Gasteiger partial charge in [0.2, 0.25) is 5.78 Å². The summed E-state index contributed by atoms with van der Waals surface area (Å²) in [4.78, 5) is 13.9. The van der Waals surface area contributed by atoms with Crippen molar-refractivity contribution in [1.29, 1.82) is 0 Å². The van der Waals surface area contributed by atoms with E-state index in [1.54, 1.807) is 36.4 Å². The van der Waals surface area contributed by atoms with Crippen LogP contribution in [0.25, 0.3) is 0 Å². The van der Waals surface area contributed by atoms with Gasteiger partial charge in [0.25, 0.3) is 0 Å². The SMILES string of the molecule is O=C(C1(O)C=CC=C(Cl)C1c1ccccc1)C1(O)C=CC=C(Cl)C1c1ccccc1. The molecule has 5 heteroatoms. The first-order valence-corrected chi connectivity index (χ1v) is 10.3. The van der Waals surface area contributed by atoms with Crippen molar-refractivity contribution in [3.8, 4) is 0 Å². The average molecular weight is 439 g/mol. The van der Waals surface area contributed by atoms with Gasteiger partial charge >= 0.3 is 0 Å². The smallest absolute Gasteiger partial charge is 0.205 e. The normalized spacial score (nSPS) is 30.5.